The van der Waals surface area contributed by atoms with Crippen LogP contribution in [-0.2, 0) is 0 Å². The van der Waals surface area contributed by atoms with Gasteiger partial charge in [-0.2, -0.15) is 0 Å². The van der Waals surface area contributed by atoms with Crippen molar-refractivity contribution in [3.8, 4) is 0 Å². The van der Waals surface area contributed by atoms with E-state index in [1.807, 2.05) is 36.7 Å². The number of aryl methyl sites for hydroxylation is 1. The van der Waals surface area contributed by atoms with E-state index in [1.54, 1.807) is 16.2 Å². The maximum Gasteiger partial charge on any atom is 0.321 e. The minimum Gasteiger partial charge on any atom is -0.378 e. The number of amides is 2. The molecule has 5 nitrogen and oxygen atoms in total. The van der Waals surface area contributed by atoms with Gasteiger partial charge in [0, 0.05) is 29.3 Å². The number of hydrogen-bond donors (Lipinski definition) is 2. The van der Waals surface area contributed by atoms with Crippen LogP contribution in [0.15, 0.2) is 29.8 Å². The minimum absolute atomic E-state index is 0.0292. The van der Waals surface area contributed by atoms with Gasteiger partial charge in [0.05, 0.1) is 17.2 Å². The molecule has 0 bridgehead atoms. The lowest BCUT2D eigenvalue weighted by atomic mass is 10.2. The second-order valence-corrected chi connectivity index (χ2v) is 5.99. The van der Waals surface area contributed by atoms with Crippen LogP contribution in [0.5, 0.6) is 0 Å². The fraction of sp³-hybridized carbons (Fsp3) is 0.333. The van der Waals surface area contributed by atoms with Gasteiger partial charge in [0.15, 0.2) is 0 Å². The van der Waals surface area contributed by atoms with Crippen LogP contribution in [0.25, 0.3) is 0 Å². The summed E-state index contributed by atoms with van der Waals surface area (Å²) >= 11 is 1.66. The molecule has 1 fully saturated rings. The molecule has 1 aliphatic rings. The van der Waals surface area contributed by atoms with Crippen LogP contribution in [0.1, 0.15) is 23.5 Å². The van der Waals surface area contributed by atoms with E-state index in [9.17, 15) is 4.79 Å². The van der Waals surface area contributed by atoms with Crippen LogP contribution >= 0.6 is 11.3 Å². The second kappa shape index (κ2) is 5.73. The van der Waals surface area contributed by atoms with Crippen molar-refractivity contribution in [3.63, 3.8) is 0 Å². The number of carbonyl (C=O) groups is 1. The molecule has 1 saturated heterocycles. The van der Waals surface area contributed by atoms with E-state index in [0.29, 0.717) is 13.1 Å². The molecule has 0 saturated carbocycles. The van der Waals surface area contributed by atoms with E-state index in [0.717, 1.165) is 17.1 Å². The largest absolute Gasteiger partial charge is 0.378 e. The lowest BCUT2D eigenvalue weighted by molar-refractivity contribution is 0.252. The zero-order valence-electron chi connectivity index (χ0n) is 12.1. The number of carbonyl (C=O) groups excluding carboxylic acids is 1. The van der Waals surface area contributed by atoms with Crippen molar-refractivity contribution in [3.05, 3.63) is 40.3 Å². The summed E-state index contributed by atoms with van der Waals surface area (Å²) < 4.78 is 0. The van der Waals surface area contributed by atoms with Crippen LogP contribution in [0.2, 0.25) is 0 Å². The van der Waals surface area contributed by atoms with Crippen molar-refractivity contribution in [2.75, 3.05) is 23.3 Å². The first kappa shape index (κ1) is 13.9. The van der Waals surface area contributed by atoms with E-state index >= 15 is 0 Å². The molecular formula is C15H18N4OS. The van der Waals surface area contributed by atoms with Crippen molar-refractivity contribution < 1.29 is 4.79 Å². The Labute approximate surface area is 128 Å². The summed E-state index contributed by atoms with van der Waals surface area (Å²) in [6.07, 6.45) is 0. The molecule has 0 radical (unpaired) electrons. The SMILES string of the molecule is Cc1ncsc1C(C)Nc1cccc(N2CCNC2=O)c1. The lowest BCUT2D eigenvalue weighted by Gasteiger charge is -2.18. The average Bonchev–Trinajstić information content (AvgIpc) is 3.07. The molecule has 1 aromatic heterocycles. The van der Waals surface area contributed by atoms with Gasteiger partial charge in [-0.3, -0.25) is 4.90 Å². The lowest BCUT2D eigenvalue weighted by Crippen LogP contribution is -2.27. The van der Waals surface area contributed by atoms with Crippen LogP contribution in [-0.4, -0.2) is 24.1 Å². The zero-order valence-corrected chi connectivity index (χ0v) is 12.9. The summed E-state index contributed by atoms with van der Waals surface area (Å²) in [4.78, 5) is 19.0. The smallest absolute Gasteiger partial charge is 0.321 e. The van der Waals surface area contributed by atoms with Crippen molar-refractivity contribution in [1.29, 1.82) is 0 Å². The van der Waals surface area contributed by atoms with Crippen molar-refractivity contribution in [2.24, 2.45) is 0 Å². The van der Waals surface area contributed by atoms with E-state index in [2.05, 4.69) is 22.5 Å². The topological polar surface area (TPSA) is 57.3 Å². The Morgan fingerprint density at radius 2 is 2.33 bits per heavy atom. The standard InChI is InChI=1S/C15H18N4OS/c1-10-14(21-9-17-10)11(2)18-12-4-3-5-13(8-12)19-7-6-16-15(19)20/h3-5,8-9,11,18H,6-7H2,1-2H3,(H,16,20). The van der Waals surface area contributed by atoms with Crippen molar-refractivity contribution >= 4 is 28.7 Å². The summed E-state index contributed by atoms with van der Waals surface area (Å²) in [6.45, 7) is 5.56. The maximum atomic E-state index is 11.7. The molecule has 1 unspecified atom stereocenters. The Bertz CT molecular complexity index is 655. The molecule has 1 aromatic carbocycles. The van der Waals surface area contributed by atoms with E-state index in [-0.39, 0.29) is 12.1 Å². The molecule has 2 heterocycles. The third kappa shape index (κ3) is 2.85. The zero-order chi connectivity index (χ0) is 14.8. The number of benzene rings is 1. The van der Waals surface area contributed by atoms with Crippen LogP contribution in [0, 0.1) is 6.92 Å². The molecule has 0 spiro atoms. The van der Waals surface area contributed by atoms with Crippen LogP contribution in [0.3, 0.4) is 0 Å². The first-order valence-electron chi connectivity index (χ1n) is 6.97. The van der Waals surface area contributed by atoms with Crippen molar-refractivity contribution in [1.82, 2.24) is 10.3 Å². The number of nitrogens with zero attached hydrogens (tertiary/aromatic N) is 2. The van der Waals surface area contributed by atoms with E-state index < -0.39 is 0 Å². The quantitative estimate of drug-likeness (QED) is 0.912. The molecule has 110 valence electrons. The first-order chi connectivity index (χ1) is 10.1. The third-order valence-electron chi connectivity index (χ3n) is 3.57. The van der Waals surface area contributed by atoms with Crippen molar-refractivity contribution in [2.45, 2.75) is 19.9 Å². The highest BCUT2D eigenvalue weighted by Gasteiger charge is 2.21. The molecule has 2 amide bonds. The molecule has 21 heavy (non-hydrogen) atoms. The normalized spacial score (nSPS) is 15.9. The number of rotatable bonds is 4. The number of aromatic nitrogens is 1. The van der Waals surface area contributed by atoms with E-state index in [4.69, 9.17) is 0 Å². The Hall–Kier alpha value is -2.08. The van der Waals surface area contributed by atoms with Gasteiger partial charge in [0.2, 0.25) is 0 Å². The fourth-order valence-corrected chi connectivity index (χ4v) is 3.33. The molecule has 1 atom stereocenters. The van der Waals surface area contributed by atoms with Gasteiger partial charge < -0.3 is 10.6 Å². The summed E-state index contributed by atoms with van der Waals surface area (Å²) in [5.74, 6) is 0. The minimum atomic E-state index is -0.0292. The van der Waals surface area contributed by atoms with Crippen LogP contribution in [0.4, 0.5) is 16.2 Å². The van der Waals surface area contributed by atoms with Crippen LogP contribution < -0.4 is 15.5 Å². The summed E-state index contributed by atoms with van der Waals surface area (Å²) in [6, 6.07) is 8.12. The summed E-state index contributed by atoms with van der Waals surface area (Å²) in [5.41, 5.74) is 4.86. The molecule has 6 heteroatoms. The molecule has 3 rings (SSSR count). The Morgan fingerprint density at radius 1 is 1.48 bits per heavy atom. The first-order valence-corrected chi connectivity index (χ1v) is 7.85. The Morgan fingerprint density at radius 3 is 3.00 bits per heavy atom. The summed E-state index contributed by atoms with van der Waals surface area (Å²) in [5, 5.41) is 6.29. The van der Waals surface area contributed by atoms with Gasteiger partial charge in [0.1, 0.15) is 0 Å². The Kier molecular flexibility index (Phi) is 3.79. The number of anilines is 2. The van der Waals surface area contributed by atoms with Gasteiger partial charge in [0.25, 0.3) is 0 Å². The Balaban J connectivity index is 1.77. The van der Waals surface area contributed by atoms with Gasteiger partial charge in [-0.25, -0.2) is 9.78 Å². The van der Waals surface area contributed by atoms with Gasteiger partial charge in [-0.15, -0.1) is 11.3 Å². The van der Waals surface area contributed by atoms with E-state index in [1.165, 1.54) is 4.88 Å². The predicted molar refractivity (Wildman–Crippen MR) is 86.1 cm³/mol. The fourth-order valence-electron chi connectivity index (χ4n) is 2.52. The summed E-state index contributed by atoms with van der Waals surface area (Å²) in [7, 11) is 0. The molecule has 2 aromatic rings. The second-order valence-electron chi connectivity index (χ2n) is 5.10. The molecular weight excluding hydrogens is 284 g/mol. The highest BCUT2D eigenvalue weighted by molar-refractivity contribution is 7.09. The highest BCUT2D eigenvalue weighted by Crippen LogP contribution is 2.27. The predicted octanol–water partition coefficient (Wildman–Crippen LogP) is 3.15. The number of urea groups is 1. The van der Waals surface area contributed by atoms with Gasteiger partial charge >= 0.3 is 6.03 Å². The number of thiazole rings is 1. The maximum absolute atomic E-state index is 11.7. The average molecular weight is 302 g/mol. The molecule has 2 N–H and O–H groups in total. The number of nitrogens with one attached hydrogen (secondary N) is 2. The van der Waals surface area contributed by atoms with Gasteiger partial charge in [-0.05, 0) is 32.0 Å². The van der Waals surface area contributed by atoms with Gasteiger partial charge in [-0.1, -0.05) is 6.07 Å². The number of hydrogen-bond acceptors (Lipinski definition) is 4. The molecule has 0 aliphatic carbocycles. The monoisotopic (exact) mass is 302 g/mol. The molecule has 1 aliphatic heterocycles. The highest BCUT2D eigenvalue weighted by atomic mass is 32.1. The third-order valence-corrected chi connectivity index (χ3v) is 4.69.